The summed E-state index contributed by atoms with van der Waals surface area (Å²) in [5.41, 5.74) is 5.91. The van der Waals surface area contributed by atoms with Crippen LogP contribution in [0, 0.1) is 0 Å². The molecule has 0 aromatic carbocycles. The smallest absolute Gasteiger partial charge is 0.0718 e. The number of nitrogens with zero attached hydrogens (tertiary/aromatic N) is 1. The van der Waals surface area contributed by atoms with Crippen molar-refractivity contribution in [3.8, 4) is 0 Å². The van der Waals surface area contributed by atoms with Gasteiger partial charge in [0.05, 0.1) is 5.44 Å². The first-order valence-corrected chi connectivity index (χ1v) is 20.4. The van der Waals surface area contributed by atoms with Crippen molar-refractivity contribution in [3.05, 3.63) is 24.4 Å². The van der Waals surface area contributed by atoms with E-state index in [9.17, 15) is 0 Å². The molecule has 0 bridgehead atoms. The predicted molar refractivity (Wildman–Crippen MR) is 152 cm³/mol. The van der Waals surface area contributed by atoms with Crippen molar-refractivity contribution in [2.75, 3.05) is 0 Å². The maximum absolute atomic E-state index is 5.26. The van der Waals surface area contributed by atoms with Crippen molar-refractivity contribution in [3.63, 3.8) is 0 Å². The summed E-state index contributed by atoms with van der Waals surface area (Å²) in [6.45, 7) is 0. The summed E-state index contributed by atoms with van der Waals surface area (Å²) < 4.78 is 0. The molecule has 1 nitrogen and oxygen atoms in total. The minimum Gasteiger partial charge on any atom is -0.256 e. The molecule has 0 saturated heterocycles. The highest BCUT2D eigenvalue weighted by atomic mass is 32.5. The number of pyridine rings is 1. The molecule has 4 heteroatoms. The third-order valence-corrected chi connectivity index (χ3v) is 27.2. The Morgan fingerprint density at radius 2 is 0.848 bits per heavy atom. The summed E-state index contributed by atoms with van der Waals surface area (Å²) >= 11 is 0. The third-order valence-electron chi connectivity index (χ3n) is 9.09. The standard InChI is InChI=1S/C29H48NP3/c1-5-15-25(16-6-1)31(26-17-7-2-8-18-26)33(29-23-13-14-24-30-29)32(27-19-9-3-10-20-27)28-21-11-4-12-22-28/h13-14,23-28H,1-12,15-22H2. The SMILES string of the molecule is c1ccc(P(P(C2CCCCC2)C2CCCCC2)P(C2CCCCC2)C2CCCCC2)nc1. The van der Waals surface area contributed by atoms with Gasteiger partial charge in [0.2, 0.25) is 0 Å². The molecule has 1 aromatic heterocycles. The Bertz CT molecular complexity index is 597. The van der Waals surface area contributed by atoms with E-state index >= 15 is 0 Å². The molecular weight excluding hydrogens is 455 g/mol. The van der Waals surface area contributed by atoms with Gasteiger partial charge in [0.1, 0.15) is 0 Å². The van der Waals surface area contributed by atoms with Crippen LogP contribution in [0.2, 0.25) is 0 Å². The van der Waals surface area contributed by atoms with Crippen molar-refractivity contribution in [2.45, 2.75) is 151 Å². The van der Waals surface area contributed by atoms with Crippen LogP contribution in [0.15, 0.2) is 24.4 Å². The van der Waals surface area contributed by atoms with Crippen LogP contribution in [-0.4, -0.2) is 27.6 Å². The number of hydrogen-bond donors (Lipinski definition) is 0. The first-order chi connectivity index (χ1) is 16.4. The molecule has 4 aliphatic carbocycles. The van der Waals surface area contributed by atoms with E-state index in [-0.39, 0.29) is 22.5 Å². The van der Waals surface area contributed by atoms with E-state index < -0.39 is 0 Å². The number of hydrogen-bond acceptors (Lipinski definition) is 1. The lowest BCUT2D eigenvalue weighted by Crippen LogP contribution is -2.26. The van der Waals surface area contributed by atoms with E-state index in [4.69, 9.17) is 4.98 Å². The van der Waals surface area contributed by atoms with E-state index in [2.05, 4.69) is 24.4 Å². The van der Waals surface area contributed by atoms with Gasteiger partial charge in [-0.15, -0.1) is 0 Å². The summed E-state index contributed by atoms with van der Waals surface area (Å²) in [7, 11) is 0.155. The second-order valence-electron chi connectivity index (χ2n) is 11.4. The number of aromatic nitrogens is 1. The van der Waals surface area contributed by atoms with Crippen LogP contribution in [0.4, 0.5) is 0 Å². The molecular formula is C29H48NP3. The molecule has 0 spiro atoms. The second-order valence-corrected chi connectivity index (χ2v) is 23.0. The third kappa shape index (κ3) is 6.42. The highest BCUT2D eigenvalue weighted by Crippen LogP contribution is 2.93. The average molecular weight is 504 g/mol. The Morgan fingerprint density at radius 3 is 1.15 bits per heavy atom. The molecule has 0 unspecified atom stereocenters. The fourth-order valence-electron chi connectivity index (χ4n) is 7.43. The zero-order valence-corrected chi connectivity index (χ0v) is 23.7. The van der Waals surface area contributed by atoms with E-state index in [1.165, 1.54) is 77.0 Å². The predicted octanol–water partition coefficient (Wildman–Crippen LogP) is 10.3. The van der Waals surface area contributed by atoms with E-state index in [1.807, 2.05) is 0 Å². The summed E-state index contributed by atoms with van der Waals surface area (Å²) in [5, 5.41) is 0. The fraction of sp³-hybridized carbons (Fsp3) is 0.828. The van der Waals surface area contributed by atoms with Crippen LogP contribution in [0.3, 0.4) is 0 Å². The lowest BCUT2D eigenvalue weighted by atomic mass is 10.00. The lowest BCUT2D eigenvalue weighted by Gasteiger charge is -2.50. The molecule has 0 radical (unpaired) electrons. The van der Waals surface area contributed by atoms with Crippen LogP contribution in [0.25, 0.3) is 0 Å². The Kier molecular flexibility index (Phi) is 9.98. The van der Waals surface area contributed by atoms with Crippen LogP contribution in [0.5, 0.6) is 0 Å². The summed E-state index contributed by atoms with van der Waals surface area (Å²) in [6, 6.07) is 7.06. The topological polar surface area (TPSA) is 12.9 Å². The first kappa shape index (κ1) is 25.1. The second kappa shape index (κ2) is 13.1. The molecule has 0 amide bonds. The molecule has 33 heavy (non-hydrogen) atoms. The lowest BCUT2D eigenvalue weighted by molar-refractivity contribution is 0.487. The van der Waals surface area contributed by atoms with Gasteiger partial charge in [-0.3, -0.25) is 4.98 Å². The molecule has 4 fully saturated rings. The molecule has 0 atom stereocenters. The molecule has 4 saturated carbocycles. The quantitative estimate of drug-likeness (QED) is 0.337. The van der Waals surface area contributed by atoms with Gasteiger partial charge in [-0.05, 0) is 93.4 Å². The Morgan fingerprint density at radius 1 is 0.485 bits per heavy atom. The Labute approximate surface area is 208 Å². The molecule has 1 heterocycles. The summed E-state index contributed by atoms with van der Waals surface area (Å²) in [5.74, 6) is 0. The van der Waals surface area contributed by atoms with Crippen molar-refractivity contribution in [1.29, 1.82) is 0 Å². The van der Waals surface area contributed by atoms with E-state index in [1.54, 1.807) is 56.8 Å². The Hall–Kier alpha value is 0.440. The maximum atomic E-state index is 5.26. The molecule has 5 rings (SSSR count). The maximum Gasteiger partial charge on any atom is 0.0718 e. The van der Waals surface area contributed by atoms with Gasteiger partial charge in [0, 0.05) is 6.20 Å². The normalized spacial score (nSPS) is 25.3. The summed E-state index contributed by atoms with van der Waals surface area (Å²) in [6.07, 6.45) is 32.8. The highest BCUT2D eigenvalue weighted by Gasteiger charge is 2.46. The minimum absolute atomic E-state index is 0.0555. The first-order valence-electron chi connectivity index (χ1n) is 14.7. The van der Waals surface area contributed by atoms with Crippen molar-refractivity contribution in [1.82, 2.24) is 4.98 Å². The van der Waals surface area contributed by atoms with Gasteiger partial charge >= 0.3 is 0 Å². The zero-order chi connectivity index (χ0) is 22.3. The number of rotatable bonds is 7. The van der Waals surface area contributed by atoms with Gasteiger partial charge in [-0.1, -0.05) is 98.3 Å². The fourth-order valence-corrected chi connectivity index (χ4v) is 31.3. The van der Waals surface area contributed by atoms with Gasteiger partial charge in [-0.2, -0.15) is 0 Å². The molecule has 0 N–H and O–H groups in total. The van der Waals surface area contributed by atoms with Gasteiger partial charge in [0.25, 0.3) is 0 Å². The van der Waals surface area contributed by atoms with Gasteiger partial charge in [0.15, 0.2) is 0 Å². The monoisotopic (exact) mass is 503 g/mol. The summed E-state index contributed by atoms with van der Waals surface area (Å²) in [4.78, 5) is 5.26. The van der Waals surface area contributed by atoms with E-state index in [0.29, 0.717) is 0 Å². The Balaban J connectivity index is 1.56. The molecule has 184 valence electrons. The van der Waals surface area contributed by atoms with Crippen molar-refractivity contribution >= 4 is 28.0 Å². The molecule has 1 aromatic rings. The van der Waals surface area contributed by atoms with Crippen LogP contribution < -0.4 is 5.44 Å². The highest BCUT2D eigenvalue weighted by molar-refractivity contribution is 8.63. The van der Waals surface area contributed by atoms with Gasteiger partial charge in [-0.25, -0.2) is 0 Å². The van der Waals surface area contributed by atoms with Gasteiger partial charge < -0.3 is 0 Å². The van der Waals surface area contributed by atoms with Crippen molar-refractivity contribution < 1.29 is 0 Å². The van der Waals surface area contributed by atoms with E-state index in [0.717, 1.165) is 22.6 Å². The van der Waals surface area contributed by atoms with Crippen LogP contribution in [0.1, 0.15) is 128 Å². The zero-order valence-electron chi connectivity index (χ0n) is 21.0. The average Bonchev–Trinajstić information content (AvgIpc) is 2.91. The molecule has 0 aliphatic heterocycles. The molecule has 4 aliphatic rings. The largest absolute Gasteiger partial charge is 0.256 e. The minimum atomic E-state index is -0.0555. The van der Waals surface area contributed by atoms with Crippen LogP contribution in [-0.2, 0) is 0 Å². The van der Waals surface area contributed by atoms with Crippen LogP contribution >= 0.6 is 22.5 Å². The van der Waals surface area contributed by atoms with Crippen molar-refractivity contribution in [2.24, 2.45) is 0 Å².